The number of aromatic nitrogens is 1. The van der Waals surface area contributed by atoms with Crippen LogP contribution in [0.25, 0.3) is 0 Å². The van der Waals surface area contributed by atoms with Gasteiger partial charge in [0.15, 0.2) is 0 Å². The molecule has 0 saturated carbocycles. The van der Waals surface area contributed by atoms with Gasteiger partial charge in [0.2, 0.25) is 0 Å². The Morgan fingerprint density at radius 2 is 2.33 bits per heavy atom. The van der Waals surface area contributed by atoms with Gasteiger partial charge in [0, 0.05) is 17.2 Å². The highest BCUT2D eigenvalue weighted by atomic mass is 79.9. The number of nitrogens with one attached hydrogen (secondary N) is 1. The number of hydrogen-bond acceptors (Lipinski definition) is 4. The summed E-state index contributed by atoms with van der Waals surface area (Å²) in [6.45, 7) is 0.500. The lowest BCUT2D eigenvalue weighted by atomic mass is 10.4. The molecule has 1 N–H and O–H groups in total. The van der Waals surface area contributed by atoms with Crippen molar-refractivity contribution in [1.29, 1.82) is 0 Å². The lowest BCUT2D eigenvalue weighted by Crippen LogP contribution is -2.10. The molecule has 4 nitrogen and oxygen atoms in total. The summed E-state index contributed by atoms with van der Waals surface area (Å²) in [5.41, 5.74) is 0. The van der Waals surface area contributed by atoms with Crippen molar-refractivity contribution in [2.75, 3.05) is 19.0 Å². The molecule has 0 spiro atoms. The predicted octanol–water partition coefficient (Wildman–Crippen LogP) is 2.58. The highest BCUT2D eigenvalue weighted by molar-refractivity contribution is 9.11. The van der Waals surface area contributed by atoms with E-state index in [1.807, 2.05) is 6.07 Å². The van der Waals surface area contributed by atoms with Gasteiger partial charge in [0.1, 0.15) is 5.82 Å². The molecule has 0 aliphatic carbocycles. The summed E-state index contributed by atoms with van der Waals surface area (Å²) in [7, 11) is 1.37. The molecule has 0 aliphatic heterocycles. The zero-order chi connectivity index (χ0) is 11.3. The van der Waals surface area contributed by atoms with Gasteiger partial charge in [-0.1, -0.05) is 0 Å². The molecule has 1 aromatic heterocycles. The molecule has 0 bridgehead atoms. The summed E-state index contributed by atoms with van der Waals surface area (Å²) < 4.78 is 6.26. The van der Waals surface area contributed by atoms with Crippen molar-refractivity contribution in [1.82, 2.24) is 4.98 Å². The van der Waals surface area contributed by atoms with E-state index in [9.17, 15) is 4.79 Å². The minimum absolute atomic E-state index is 0.240. The van der Waals surface area contributed by atoms with E-state index in [1.54, 1.807) is 6.20 Å². The second kappa shape index (κ2) is 6.07. The third kappa shape index (κ3) is 4.17. The molecule has 1 aromatic rings. The summed E-state index contributed by atoms with van der Waals surface area (Å²) >= 11 is 6.66. The molecular formula is C9H10Br2N2O2. The van der Waals surface area contributed by atoms with Gasteiger partial charge < -0.3 is 10.1 Å². The number of ether oxygens (including phenoxy) is 1. The lowest BCUT2D eigenvalue weighted by molar-refractivity contribution is -0.140. The van der Waals surface area contributed by atoms with Crippen LogP contribution in [0.3, 0.4) is 0 Å². The monoisotopic (exact) mass is 336 g/mol. The molecule has 1 heterocycles. The Morgan fingerprint density at radius 3 is 2.93 bits per heavy atom. The van der Waals surface area contributed by atoms with Gasteiger partial charge in [-0.2, -0.15) is 0 Å². The quantitative estimate of drug-likeness (QED) is 0.858. The largest absolute Gasteiger partial charge is 0.469 e. The van der Waals surface area contributed by atoms with Gasteiger partial charge >= 0.3 is 5.97 Å². The highest BCUT2D eigenvalue weighted by Gasteiger charge is 2.03. The van der Waals surface area contributed by atoms with Crippen molar-refractivity contribution in [3.8, 4) is 0 Å². The Morgan fingerprint density at radius 1 is 1.60 bits per heavy atom. The van der Waals surface area contributed by atoms with Crippen molar-refractivity contribution >= 4 is 43.6 Å². The number of pyridine rings is 1. The minimum atomic E-state index is -0.240. The van der Waals surface area contributed by atoms with Crippen molar-refractivity contribution in [2.24, 2.45) is 0 Å². The Hall–Kier alpha value is -0.620. The van der Waals surface area contributed by atoms with Crippen LogP contribution >= 0.6 is 31.9 Å². The number of carbonyl (C=O) groups is 1. The Labute approximate surface area is 105 Å². The van der Waals surface area contributed by atoms with Crippen LogP contribution in [-0.2, 0) is 9.53 Å². The van der Waals surface area contributed by atoms with Crippen molar-refractivity contribution in [3.05, 3.63) is 21.2 Å². The summed E-state index contributed by atoms with van der Waals surface area (Å²) in [5.74, 6) is 0.470. The van der Waals surface area contributed by atoms with Gasteiger partial charge in [0.25, 0.3) is 0 Å². The van der Waals surface area contributed by atoms with E-state index in [0.717, 1.165) is 8.95 Å². The number of hydrogen-bond donors (Lipinski definition) is 1. The van der Waals surface area contributed by atoms with E-state index in [1.165, 1.54) is 7.11 Å². The molecule has 15 heavy (non-hydrogen) atoms. The van der Waals surface area contributed by atoms with Crippen LogP contribution in [0.2, 0.25) is 0 Å². The van der Waals surface area contributed by atoms with Gasteiger partial charge in [-0.05, 0) is 37.9 Å². The Balaban J connectivity index is 2.47. The first-order valence-corrected chi connectivity index (χ1v) is 5.84. The molecule has 0 saturated heterocycles. The number of methoxy groups -OCH3 is 1. The minimum Gasteiger partial charge on any atom is -0.469 e. The van der Waals surface area contributed by atoms with E-state index >= 15 is 0 Å². The summed E-state index contributed by atoms with van der Waals surface area (Å²) in [6.07, 6.45) is 2.01. The SMILES string of the molecule is COC(=O)CCNc1ncc(Br)cc1Br. The fraction of sp³-hybridized carbons (Fsp3) is 0.333. The molecule has 0 aliphatic rings. The number of carbonyl (C=O) groups excluding carboxylic acids is 1. The van der Waals surface area contributed by atoms with Crippen LogP contribution in [0, 0.1) is 0 Å². The topological polar surface area (TPSA) is 51.2 Å². The van der Waals surface area contributed by atoms with Crippen LogP contribution < -0.4 is 5.32 Å². The number of anilines is 1. The molecule has 1 rings (SSSR count). The average Bonchev–Trinajstić information content (AvgIpc) is 2.21. The number of nitrogens with zero attached hydrogens (tertiary/aromatic N) is 1. The van der Waals surface area contributed by atoms with E-state index in [2.05, 4.69) is 46.9 Å². The normalized spacial score (nSPS) is 9.80. The Kier molecular flexibility index (Phi) is 5.04. The standard InChI is InChI=1S/C9H10Br2N2O2/c1-15-8(14)2-3-12-9-7(11)4-6(10)5-13-9/h4-5H,2-3H2,1H3,(H,12,13). The number of halogens is 2. The molecule has 0 radical (unpaired) electrons. The fourth-order valence-electron chi connectivity index (χ4n) is 0.930. The molecular weight excluding hydrogens is 328 g/mol. The smallest absolute Gasteiger partial charge is 0.307 e. The fourth-order valence-corrected chi connectivity index (χ4v) is 2.06. The first kappa shape index (κ1) is 12.4. The Bertz CT molecular complexity index is 358. The first-order valence-electron chi connectivity index (χ1n) is 4.25. The first-order chi connectivity index (χ1) is 7.13. The molecule has 0 amide bonds. The summed E-state index contributed by atoms with van der Waals surface area (Å²) in [4.78, 5) is 15.0. The lowest BCUT2D eigenvalue weighted by Gasteiger charge is -2.06. The van der Waals surface area contributed by atoms with Crippen LogP contribution in [-0.4, -0.2) is 24.6 Å². The van der Waals surface area contributed by atoms with Gasteiger partial charge in [-0.25, -0.2) is 4.98 Å². The number of esters is 1. The second-order valence-electron chi connectivity index (χ2n) is 2.74. The predicted molar refractivity (Wildman–Crippen MR) is 64.8 cm³/mol. The van der Waals surface area contributed by atoms with E-state index < -0.39 is 0 Å². The maximum atomic E-state index is 10.8. The van der Waals surface area contributed by atoms with Crippen LogP contribution in [0.5, 0.6) is 0 Å². The summed E-state index contributed by atoms with van der Waals surface area (Å²) in [5, 5.41) is 3.03. The average molecular weight is 338 g/mol. The number of rotatable bonds is 4. The molecule has 0 aromatic carbocycles. The van der Waals surface area contributed by atoms with E-state index in [-0.39, 0.29) is 5.97 Å². The second-order valence-corrected chi connectivity index (χ2v) is 4.51. The van der Waals surface area contributed by atoms with Crippen LogP contribution in [0.1, 0.15) is 6.42 Å². The zero-order valence-corrected chi connectivity index (χ0v) is 11.3. The van der Waals surface area contributed by atoms with Crippen molar-refractivity contribution < 1.29 is 9.53 Å². The molecule has 82 valence electrons. The highest BCUT2D eigenvalue weighted by Crippen LogP contribution is 2.23. The van der Waals surface area contributed by atoms with E-state index in [4.69, 9.17) is 0 Å². The molecule has 6 heteroatoms. The third-order valence-electron chi connectivity index (χ3n) is 1.66. The third-order valence-corrected chi connectivity index (χ3v) is 2.70. The van der Waals surface area contributed by atoms with Crippen LogP contribution in [0.15, 0.2) is 21.2 Å². The van der Waals surface area contributed by atoms with Gasteiger partial charge in [0.05, 0.1) is 18.0 Å². The van der Waals surface area contributed by atoms with Gasteiger partial charge in [-0.3, -0.25) is 4.79 Å². The van der Waals surface area contributed by atoms with Gasteiger partial charge in [-0.15, -0.1) is 0 Å². The van der Waals surface area contributed by atoms with Crippen molar-refractivity contribution in [3.63, 3.8) is 0 Å². The van der Waals surface area contributed by atoms with E-state index in [0.29, 0.717) is 18.8 Å². The maximum Gasteiger partial charge on any atom is 0.307 e. The van der Waals surface area contributed by atoms with Crippen LogP contribution in [0.4, 0.5) is 5.82 Å². The van der Waals surface area contributed by atoms with Crippen molar-refractivity contribution in [2.45, 2.75) is 6.42 Å². The molecule has 0 atom stereocenters. The molecule has 0 fully saturated rings. The molecule has 0 unspecified atom stereocenters. The maximum absolute atomic E-state index is 10.8. The summed E-state index contributed by atoms with van der Waals surface area (Å²) in [6, 6.07) is 1.88. The zero-order valence-electron chi connectivity index (χ0n) is 8.09.